The molecular weight excluding hydrogens is 485 g/mol. The van der Waals surface area contributed by atoms with Crippen molar-refractivity contribution in [2.24, 2.45) is 0 Å². The molecule has 1 heterocycles. The van der Waals surface area contributed by atoms with Crippen molar-refractivity contribution in [3.8, 4) is 0 Å². The van der Waals surface area contributed by atoms with Crippen molar-refractivity contribution in [1.29, 1.82) is 0 Å². The maximum absolute atomic E-state index is 13.1. The van der Waals surface area contributed by atoms with E-state index < -0.39 is 28.6 Å². The molecule has 0 atom stereocenters. The van der Waals surface area contributed by atoms with E-state index in [-0.39, 0.29) is 22.7 Å². The number of benzene rings is 3. The minimum atomic E-state index is -4.71. The molecule has 0 saturated heterocycles. The fourth-order valence-corrected chi connectivity index (χ4v) is 3.68. The second-order valence-electron chi connectivity index (χ2n) is 7.75. The van der Waals surface area contributed by atoms with Gasteiger partial charge < -0.3 is 21.3 Å². The molecule has 3 aromatic carbocycles. The molecule has 0 bridgehead atoms. The number of hydrogen-bond donors (Lipinski definition) is 4. The second kappa shape index (κ2) is 9.30. The lowest BCUT2D eigenvalue weighted by atomic mass is 10.1. The molecular formula is C24H18ClF3N4O3. The second-order valence-corrected chi connectivity index (χ2v) is 8.16. The molecule has 4 rings (SSSR count). The number of hydrogen-bond acceptors (Lipinski definition) is 4. The Labute approximate surface area is 202 Å². The first-order chi connectivity index (χ1) is 16.5. The van der Waals surface area contributed by atoms with Gasteiger partial charge in [-0.05, 0) is 61.0 Å². The van der Waals surface area contributed by atoms with E-state index >= 15 is 0 Å². The van der Waals surface area contributed by atoms with Crippen molar-refractivity contribution in [2.45, 2.75) is 13.1 Å². The number of aryl methyl sites for hydroxylation is 1. The third kappa shape index (κ3) is 5.22. The lowest BCUT2D eigenvalue weighted by Crippen LogP contribution is -2.34. The smallest absolute Gasteiger partial charge is 0.367 e. The van der Waals surface area contributed by atoms with Crippen molar-refractivity contribution in [2.75, 3.05) is 22.6 Å². The van der Waals surface area contributed by atoms with Crippen LogP contribution in [0.2, 0.25) is 5.02 Å². The molecule has 0 aliphatic carbocycles. The van der Waals surface area contributed by atoms with Gasteiger partial charge in [0.25, 0.3) is 17.7 Å². The van der Waals surface area contributed by atoms with E-state index in [4.69, 9.17) is 11.6 Å². The highest BCUT2D eigenvalue weighted by molar-refractivity contribution is 6.31. The summed E-state index contributed by atoms with van der Waals surface area (Å²) in [4.78, 5) is 37.4. The Morgan fingerprint density at radius 3 is 2.34 bits per heavy atom. The molecule has 3 amide bonds. The van der Waals surface area contributed by atoms with Crippen molar-refractivity contribution >= 4 is 46.4 Å². The Bertz CT molecular complexity index is 1360. The molecule has 0 aromatic heterocycles. The Kier molecular flexibility index (Phi) is 6.40. The van der Waals surface area contributed by atoms with E-state index in [9.17, 15) is 27.6 Å². The molecule has 11 heteroatoms. The van der Waals surface area contributed by atoms with Gasteiger partial charge in [-0.2, -0.15) is 13.2 Å². The van der Waals surface area contributed by atoms with Gasteiger partial charge >= 0.3 is 6.18 Å². The number of halogens is 4. The molecule has 0 fully saturated rings. The Morgan fingerprint density at radius 2 is 1.60 bits per heavy atom. The normalized spacial score (nSPS) is 12.8. The van der Waals surface area contributed by atoms with Crippen LogP contribution in [-0.4, -0.2) is 24.4 Å². The SMILES string of the molecule is Cc1ccc(NC(=O)c2ccc(Cl)c(C(F)(F)F)c2)cc1NC(=O)c1ccc2c(c1)C(=O)NCN2. The number of alkyl halides is 3. The minimum absolute atomic E-state index is 0.228. The predicted octanol–water partition coefficient (Wildman–Crippen LogP) is 5.28. The molecule has 0 unspecified atom stereocenters. The van der Waals surface area contributed by atoms with Gasteiger partial charge in [0.2, 0.25) is 0 Å². The number of carbonyl (C=O) groups excluding carboxylic acids is 3. The van der Waals surface area contributed by atoms with E-state index in [1.54, 1.807) is 31.2 Å². The topological polar surface area (TPSA) is 99.3 Å². The van der Waals surface area contributed by atoms with Crippen LogP contribution >= 0.6 is 11.6 Å². The molecule has 0 radical (unpaired) electrons. The minimum Gasteiger partial charge on any atom is -0.367 e. The zero-order chi connectivity index (χ0) is 25.3. The van der Waals surface area contributed by atoms with Crippen LogP contribution in [0.15, 0.2) is 54.6 Å². The average Bonchev–Trinajstić information content (AvgIpc) is 2.80. The maximum Gasteiger partial charge on any atom is 0.417 e. The van der Waals surface area contributed by atoms with Crippen LogP contribution in [0.25, 0.3) is 0 Å². The van der Waals surface area contributed by atoms with Crippen LogP contribution in [0.4, 0.5) is 30.2 Å². The Balaban J connectivity index is 1.53. The van der Waals surface area contributed by atoms with Crippen LogP contribution in [0.3, 0.4) is 0 Å². The zero-order valence-electron chi connectivity index (χ0n) is 18.1. The lowest BCUT2D eigenvalue weighted by Gasteiger charge is -2.19. The molecule has 1 aliphatic rings. The van der Waals surface area contributed by atoms with E-state index in [2.05, 4.69) is 21.3 Å². The van der Waals surface area contributed by atoms with Gasteiger partial charge in [-0.15, -0.1) is 0 Å². The molecule has 0 spiro atoms. The summed E-state index contributed by atoms with van der Waals surface area (Å²) in [7, 11) is 0. The third-order valence-corrected chi connectivity index (χ3v) is 5.66. The highest BCUT2D eigenvalue weighted by atomic mass is 35.5. The Hall–Kier alpha value is -4.05. The highest BCUT2D eigenvalue weighted by Gasteiger charge is 2.33. The number of amides is 3. The number of nitrogens with one attached hydrogen (secondary N) is 4. The van der Waals surface area contributed by atoms with Gasteiger partial charge in [0.15, 0.2) is 0 Å². The van der Waals surface area contributed by atoms with E-state index in [0.717, 1.165) is 6.07 Å². The summed E-state index contributed by atoms with van der Waals surface area (Å²) in [6, 6.07) is 12.2. The monoisotopic (exact) mass is 502 g/mol. The molecule has 4 N–H and O–H groups in total. The van der Waals surface area contributed by atoms with Crippen LogP contribution in [0.5, 0.6) is 0 Å². The fraction of sp³-hybridized carbons (Fsp3) is 0.125. The van der Waals surface area contributed by atoms with E-state index in [0.29, 0.717) is 35.2 Å². The van der Waals surface area contributed by atoms with Crippen molar-refractivity contribution < 1.29 is 27.6 Å². The van der Waals surface area contributed by atoms with Gasteiger partial charge in [-0.1, -0.05) is 17.7 Å². The summed E-state index contributed by atoms with van der Waals surface area (Å²) in [5, 5.41) is 10.4. The van der Waals surface area contributed by atoms with Crippen molar-refractivity contribution in [3.05, 3.63) is 87.4 Å². The molecule has 0 saturated carbocycles. The number of rotatable bonds is 4. The predicted molar refractivity (Wildman–Crippen MR) is 126 cm³/mol. The number of fused-ring (bicyclic) bond motifs is 1. The summed E-state index contributed by atoms with van der Waals surface area (Å²) in [5.41, 5.74) is 1.17. The van der Waals surface area contributed by atoms with Crippen LogP contribution in [0.1, 0.15) is 42.2 Å². The standard InChI is InChI=1S/C24H18ClF3N4O3/c1-12-2-5-15(31-21(33)14-3-6-18(25)17(9-14)24(26,27)28)10-20(12)32-22(34)13-4-7-19-16(8-13)23(35)30-11-29-19/h2-10,29H,11H2,1H3,(H,30,35)(H,31,33)(H,32,34). The van der Waals surface area contributed by atoms with Gasteiger partial charge in [-0.3, -0.25) is 14.4 Å². The van der Waals surface area contributed by atoms with Crippen molar-refractivity contribution in [1.82, 2.24) is 5.32 Å². The molecule has 180 valence electrons. The van der Waals surface area contributed by atoms with Crippen molar-refractivity contribution in [3.63, 3.8) is 0 Å². The largest absolute Gasteiger partial charge is 0.417 e. The van der Waals surface area contributed by atoms with Gasteiger partial charge in [0, 0.05) is 28.2 Å². The molecule has 1 aliphatic heterocycles. The zero-order valence-corrected chi connectivity index (χ0v) is 18.9. The van der Waals surface area contributed by atoms with Gasteiger partial charge in [0.05, 0.1) is 22.8 Å². The van der Waals surface area contributed by atoms with Crippen LogP contribution < -0.4 is 21.3 Å². The van der Waals surface area contributed by atoms with E-state index in [1.807, 2.05) is 0 Å². The molecule has 7 nitrogen and oxygen atoms in total. The first kappa shape index (κ1) is 24.1. The molecule has 35 heavy (non-hydrogen) atoms. The van der Waals surface area contributed by atoms with Gasteiger partial charge in [-0.25, -0.2) is 0 Å². The van der Waals surface area contributed by atoms with Crippen LogP contribution in [0, 0.1) is 6.92 Å². The fourth-order valence-electron chi connectivity index (χ4n) is 3.46. The first-order valence-corrected chi connectivity index (χ1v) is 10.7. The molecule has 3 aromatic rings. The van der Waals surface area contributed by atoms with Gasteiger partial charge in [0.1, 0.15) is 0 Å². The first-order valence-electron chi connectivity index (χ1n) is 10.3. The average molecular weight is 503 g/mol. The lowest BCUT2D eigenvalue weighted by molar-refractivity contribution is -0.137. The summed E-state index contributed by atoms with van der Waals surface area (Å²) >= 11 is 5.61. The number of anilines is 3. The third-order valence-electron chi connectivity index (χ3n) is 5.33. The van der Waals surface area contributed by atoms with E-state index in [1.165, 1.54) is 18.2 Å². The summed E-state index contributed by atoms with van der Waals surface area (Å²) in [5.74, 6) is -1.56. The maximum atomic E-state index is 13.1. The Morgan fingerprint density at radius 1 is 0.914 bits per heavy atom. The summed E-state index contributed by atoms with van der Waals surface area (Å²) < 4.78 is 39.3. The highest BCUT2D eigenvalue weighted by Crippen LogP contribution is 2.35. The summed E-state index contributed by atoms with van der Waals surface area (Å²) in [6.07, 6.45) is -4.71. The van der Waals surface area contributed by atoms with Crippen LogP contribution in [-0.2, 0) is 6.18 Å². The summed E-state index contributed by atoms with van der Waals surface area (Å²) in [6.45, 7) is 2.03. The quantitative estimate of drug-likeness (QED) is 0.390. The number of carbonyl (C=O) groups is 3.